The second-order valence-corrected chi connectivity index (χ2v) is 4.94. The number of hydrogen-bond donors (Lipinski definition) is 1. The Morgan fingerprint density at radius 1 is 1.35 bits per heavy atom. The normalized spacial score (nSPS) is 23.8. The summed E-state index contributed by atoms with van der Waals surface area (Å²) in [6.45, 7) is 5.20. The van der Waals surface area contributed by atoms with Crippen LogP contribution in [-0.4, -0.2) is 30.4 Å². The predicted octanol–water partition coefficient (Wildman–Crippen LogP) is 2.60. The van der Waals surface area contributed by atoms with Crippen LogP contribution in [0.2, 0.25) is 0 Å². The smallest absolute Gasteiger partial charge is 0.256 e. The molecule has 1 N–H and O–H groups in total. The number of likely N-dealkylation sites (tertiary alicyclic amines) is 1. The molecule has 2 rings (SSSR count). The summed E-state index contributed by atoms with van der Waals surface area (Å²) in [5, 5.41) is 3.08. The van der Waals surface area contributed by atoms with Crippen molar-refractivity contribution in [3.63, 3.8) is 0 Å². The molecule has 0 saturated carbocycles. The predicted molar refractivity (Wildman–Crippen MR) is 70.3 cm³/mol. The minimum absolute atomic E-state index is 0.145. The zero-order valence-corrected chi connectivity index (χ0v) is 10.7. The molecule has 3 heteroatoms. The van der Waals surface area contributed by atoms with Gasteiger partial charge in [0, 0.05) is 25.3 Å². The van der Waals surface area contributed by atoms with Gasteiger partial charge in [-0.1, -0.05) is 19.1 Å². The van der Waals surface area contributed by atoms with Gasteiger partial charge in [-0.15, -0.1) is 0 Å². The van der Waals surface area contributed by atoms with Gasteiger partial charge in [0.05, 0.1) is 5.56 Å². The molecular formula is C14H20N2O. The van der Waals surface area contributed by atoms with Gasteiger partial charge in [-0.2, -0.15) is 0 Å². The molecule has 0 aromatic heterocycles. The molecule has 0 aliphatic carbocycles. The van der Waals surface area contributed by atoms with Crippen LogP contribution < -0.4 is 5.32 Å². The van der Waals surface area contributed by atoms with Crippen LogP contribution in [0.5, 0.6) is 0 Å². The Kier molecular flexibility index (Phi) is 3.36. The fraction of sp³-hybridized carbons (Fsp3) is 0.500. The van der Waals surface area contributed by atoms with Crippen molar-refractivity contribution in [2.45, 2.75) is 26.3 Å². The van der Waals surface area contributed by atoms with E-state index in [0.29, 0.717) is 12.0 Å². The van der Waals surface area contributed by atoms with E-state index in [1.807, 2.05) is 36.2 Å². The average molecular weight is 232 g/mol. The largest absolute Gasteiger partial charge is 0.387 e. The Morgan fingerprint density at radius 2 is 2.06 bits per heavy atom. The Hall–Kier alpha value is -1.51. The van der Waals surface area contributed by atoms with E-state index < -0.39 is 0 Å². The first kappa shape index (κ1) is 12.0. The van der Waals surface area contributed by atoms with E-state index in [-0.39, 0.29) is 5.91 Å². The summed E-state index contributed by atoms with van der Waals surface area (Å²) >= 11 is 0. The van der Waals surface area contributed by atoms with Crippen molar-refractivity contribution < 1.29 is 4.79 Å². The summed E-state index contributed by atoms with van der Waals surface area (Å²) < 4.78 is 0. The Balaban J connectivity index is 2.25. The number of carbonyl (C=O) groups excluding carboxylic acids is 1. The van der Waals surface area contributed by atoms with Gasteiger partial charge in [0.15, 0.2) is 0 Å². The number of nitrogens with one attached hydrogen (secondary N) is 1. The number of carbonyl (C=O) groups is 1. The van der Waals surface area contributed by atoms with Gasteiger partial charge in [0.25, 0.3) is 5.91 Å². The first-order valence-electron chi connectivity index (χ1n) is 6.21. The first-order chi connectivity index (χ1) is 8.13. The van der Waals surface area contributed by atoms with Crippen LogP contribution in [-0.2, 0) is 0 Å². The van der Waals surface area contributed by atoms with Crippen LogP contribution in [0.4, 0.5) is 5.69 Å². The highest BCUT2D eigenvalue weighted by atomic mass is 16.2. The van der Waals surface area contributed by atoms with Crippen LogP contribution in [0.1, 0.15) is 30.6 Å². The van der Waals surface area contributed by atoms with Gasteiger partial charge in [-0.05, 0) is 31.4 Å². The molecule has 1 amide bonds. The van der Waals surface area contributed by atoms with Crippen molar-refractivity contribution >= 4 is 11.6 Å². The van der Waals surface area contributed by atoms with Crippen LogP contribution >= 0.6 is 0 Å². The highest BCUT2D eigenvalue weighted by Crippen LogP contribution is 2.26. The zero-order valence-electron chi connectivity index (χ0n) is 10.7. The number of para-hydroxylation sites is 1. The lowest BCUT2D eigenvalue weighted by molar-refractivity contribution is 0.0745. The topological polar surface area (TPSA) is 32.3 Å². The number of benzene rings is 1. The summed E-state index contributed by atoms with van der Waals surface area (Å²) in [6, 6.07) is 8.04. The summed E-state index contributed by atoms with van der Waals surface area (Å²) in [7, 11) is 1.85. The maximum atomic E-state index is 12.5. The molecule has 1 aliphatic rings. The quantitative estimate of drug-likeness (QED) is 0.850. The monoisotopic (exact) mass is 232 g/mol. The Bertz CT molecular complexity index is 416. The maximum absolute atomic E-state index is 12.5. The fourth-order valence-electron chi connectivity index (χ4n) is 2.63. The van der Waals surface area contributed by atoms with Crippen molar-refractivity contribution in [3.8, 4) is 0 Å². The Morgan fingerprint density at radius 3 is 2.65 bits per heavy atom. The minimum Gasteiger partial charge on any atom is -0.387 e. The summed E-state index contributed by atoms with van der Waals surface area (Å²) in [4.78, 5) is 14.5. The average Bonchev–Trinajstić information content (AvgIpc) is 2.67. The lowest BCUT2D eigenvalue weighted by Gasteiger charge is -2.22. The van der Waals surface area contributed by atoms with Gasteiger partial charge >= 0.3 is 0 Å². The van der Waals surface area contributed by atoms with Crippen molar-refractivity contribution in [1.29, 1.82) is 0 Å². The van der Waals surface area contributed by atoms with Gasteiger partial charge in [-0.25, -0.2) is 0 Å². The van der Waals surface area contributed by atoms with Gasteiger partial charge in [0.1, 0.15) is 0 Å². The Labute approximate surface area is 103 Å². The highest BCUT2D eigenvalue weighted by molar-refractivity contribution is 5.99. The van der Waals surface area contributed by atoms with E-state index in [1.54, 1.807) is 0 Å². The van der Waals surface area contributed by atoms with Crippen molar-refractivity contribution in [1.82, 2.24) is 4.90 Å². The summed E-state index contributed by atoms with van der Waals surface area (Å²) in [5.74, 6) is 0.752. The van der Waals surface area contributed by atoms with E-state index in [0.717, 1.165) is 24.2 Å². The summed E-state index contributed by atoms with van der Waals surface area (Å²) in [6.07, 6.45) is 1.10. The van der Waals surface area contributed by atoms with Crippen LogP contribution in [0.25, 0.3) is 0 Å². The molecule has 1 saturated heterocycles. The third kappa shape index (κ3) is 2.28. The SMILES string of the molecule is CNc1ccccc1C(=O)N1CC(C)CC1C. The molecule has 17 heavy (non-hydrogen) atoms. The zero-order chi connectivity index (χ0) is 12.4. The maximum Gasteiger partial charge on any atom is 0.256 e. The number of nitrogens with zero attached hydrogens (tertiary/aromatic N) is 1. The second-order valence-electron chi connectivity index (χ2n) is 4.94. The number of rotatable bonds is 2. The molecule has 2 atom stereocenters. The third-order valence-electron chi connectivity index (χ3n) is 3.47. The number of amides is 1. The van der Waals surface area contributed by atoms with E-state index in [4.69, 9.17) is 0 Å². The summed E-state index contributed by atoms with van der Waals surface area (Å²) in [5.41, 5.74) is 1.68. The van der Waals surface area contributed by atoms with Crippen molar-refractivity contribution in [2.24, 2.45) is 5.92 Å². The second kappa shape index (κ2) is 4.78. The van der Waals surface area contributed by atoms with Crippen molar-refractivity contribution in [3.05, 3.63) is 29.8 Å². The molecule has 2 unspecified atom stereocenters. The molecule has 1 aliphatic heterocycles. The molecule has 92 valence electrons. The van der Waals surface area contributed by atoms with Crippen LogP contribution in [0.15, 0.2) is 24.3 Å². The lowest BCUT2D eigenvalue weighted by atomic mass is 10.1. The van der Waals surface area contributed by atoms with E-state index in [2.05, 4.69) is 19.2 Å². The fourth-order valence-corrected chi connectivity index (χ4v) is 2.63. The highest BCUT2D eigenvalue weighted by Gasteiger charge is 2.31. The lowest BCUT2D eigenvalue weighted by Crippen LogP contribution is -2.34. The van der Waals surface area contributed by atoms with E-state index in [9.17, 15) is 4.79 Å². The van der Waals surface area contributed by atoms with Gasteiger partial charge in [-0.3, -0.25) is 4.79 Å². The minimum atomic E-state index is 0.145. The molecule has 0 radical (unpaired) electrons. The van der Waals surface area contributed by atoms with Crippen LogP contribution in [0, 0.1) is 5.92 Å². The van der Waals surface area contributed by atoms with Crippen molar-refractivity contribution in [2.75, 3.05) is 18.9 Å². The molecule has 3 nitrogen and oxygen atoms in total. The first-order valence-corrected chi connectivity index (χ1v) is 6.21. The molecule has 1 heterocycles. The number of hydrogen-bond acceptors (Lipinski definition) is 2. The van der Waals surface area contributed by atoms with Gasteiger partial charge < -0.3 is 10.2 Å². The molecular weight excluding hydrogens is 212 g/mol. The molecule has 1 fully saturated rings. The number of anilines is 1. The molecule has 1 aromatic carbocycles. The molecule has 0 spiro atoms. The van der Waals surface area contributed by atoms with E-state index >= 15 is 0 Å². The van der Waals surface area contributed by atoms with E-state index in [1.165, 1.54) is 0 Å². The third-order valence-corrected chi connectivity index (χ3v) is 3.47. The van der Waals surface area contributed by atoms with Crippen LogP contribution in [0.3, 0.4) is 0 Å². The standard InChI is InChI=1S/C14H20N2O/c1-10-8-11(2)16(9-10)14(17)12-6-4-5-7-13(12)15-3/h4-7,10-11,15H,8-9H2,1-3H3. The molecule has 0 bridgehead atoms. The van der Waals surface area contributed by atoms with Gasteiger partial charge in [0.2, 0.25) is 0 Å². The molecule has 1 aromatic rings.